The molecule has 0 bridgehead atoms. The van der Waals surface area contributed by atoms with Crippen molar-refractivity contribution in [3.8, 4) is 0 Å². The second-order valence-electron chi connectivity index (χ2n) is 5.84. The Morgan fingerprint density at radius 1 is 1.33 bits per heavy atom. The van der Waals surface area contributed by atoms with Crippen molar-refractivity contribution in [2.45, 2.75) is 38.0 Å². The Morgan fingerprint density at radius 2 is 2.21 bits per heavy atom. The number of carboxylic acids is 1. The van der Waals surface area contributed by atoms with Crippen molar-refractivity contribution >= 4 is 28.3 Å². The normalized spacial score (nSPS) is 20.0. The van der Waals surface area contributed by atoms with Gasteiger partial charge in [0.2, 0.25) is 11.0 Å². The molecule has 2 N–H and O–H groups in total. The first kappa shape index (κ1) is 16.4. The number of carbonyl (C=O) groups is 2. The summed E-state index contributed by atoms with van der Waals surface area (Å²) in [5, 5.41) is 21.1. The van der Waals surface area contributed by atoms with E-state index < -0.39 is 5.97 Å². The van der Waals surface area contributed by atoms with Crippen LogP contribution in [0.4, 0.5) is 5.13 Å². The molecular weight excluding hydrogens is 330 g/mol. The van der Waals surface area contributed by atoms with Crippen LogP contribution in [-0.2, 0) is 16.0 Å². The van der Waals surface area contributed by atoms with Gasteiger partial charge in [-0.2, -0.15) is 0 Å². The van der Waals surface area contributed by atoms with E-state index in [9.17, 15) is 9.59 Å². The Kier molecular flexibility index (Phi) is 5.09. The van der Waals surface area contributed by atoms with E-state index in [2.05, 4.69) is 25.5 Å². The molecule has 0 spiro atoms. The average Bonchev–Trinajstić information content (AvgIpc) is 3.17. The molecule has 1 aliphatic carbocycles. The number of anilines is 1. The molecule has 1 fully saturated rings. The SMILES string of the molecule is O=C(O)C[C@@H]1CC[C@H](c2nnc(NC(=O)Cc3ccncn3)s2)C1. The molecule has 2 aromatic heterocycles. The lowest BCUT2D eigenvalue weighted by molar-refractivity contribution is -0.138. The van der Waals surface area contributed by atoms with Crippen LogP contribution in [0.2, 0.25) is 0 Å². The number of nitrogens with zero attached hydrogens (tertiary/aromatic N) is 4. The Hall–Kier alpha value is -2.42. The minimum absolute atomic E-state index is 0.154. The van der Waals surface area contributed by atoms with Gasteiger partial charge in [0, 0.05) is 18.5 Å². The minimum atomic E-state index is -0.754. The molecule has 0 unspecified atom stereocenters. The molecule has 2 atom stereocenters. The summed E-state index contributed by atoms with van der Waals surface area (Å²) in [5.74, 6) is -0.520. The first-order valence-electron chi connectivity index (χ1n) is 7.70. The van der Waals surface area contributed by atoms with Crippen molar-refractivity contribution in [3.05, 3.63) is 29.3 Å². The summed E-state index contributed by atoms with van der Waals surface area (Å²) >= 11 is 1.36. The second kappa shape index (κ2) is 7.43. The highest BCUT2D eigenvalue weighted by atomic mass is 32.1. The molecule has 1 aliphatic rings. The van der Waals surface area contributed by atoms with E-state index in [1.165, 1.54) is 17.7 Å². The molecule has 1 amide bonds. The Labute approximate surface area is 142 Å². The maximum absolute atomic E-state index is 12.0. The predicted octanol–water partition coefficient (Wildman–Crippen LogP) is 1.87. The fourth-order valence-corrected chi connectivity index (χ4v) is 3.84. The topological polar surface area (TPSA) is 118 Å². The van der Waals surface area contributed by atoms with Crippen LogP contribution in [0.25, 0.3) is 0 Å². The number of hydrogen-bond donors (Lipinski definition) is 2. The summed E-state index contributed by atoms with van der Waals surface area (Å²) < 4.78 is 0. The summed E-state index contributed by atoms with van der Waals surface area (Å²) in [6.07, 6.45) is 5.98. The highest BCUT2D eigenvalue weighted by molar-refractivity contribution is 7.15. The van der Waals surface area contributed by atoms with E-state index in [1.54, 1.807) is 12.3 Å². The fraction of sp³-hybridized carbons (Fsp3) is 0.467. The summed E-state index contributed by atoms with van der Waals surface area (Å²) in [6, 6.07) is 1.69. The molecular formula is C15H17N5O3S. The molecule has 2 aromatic rings. The van der Waals surface area contributed by atoms with Crippen molar-refractivity contribution in [2.24, 2.45) is 5.92 Å². The fourth-order valence-electron chi connectivity index (χ4n) is 2.93. The van der Waals surface area contributed by atoms with Crippen LogP contribution in [0, 0.1) is 5.92 Å². The third-order valence-corrected chi connectivity index (χ3v) is 5.03. The van der Waals surface area contributed by atoms with Gasteiger partial charge in [-0.1, -0.05) is 11.3 Å². The van der Waals surface area contributed by atoms with Gasteiger partial charge in [0.1, 0.15) is 11.3 Å². The zero-order chi connectivity index (χ0) is 16.9. The van der Waals surface area contributed by atoms with Gasteiger partial charge in [-0.05, 0) is 31.2 Å². The van der Waals surface area contributed by atoms with Gasteiger partial charge in [0.05, 0.1) is 12.1 Å². The van der Waals surface area contributed by atoms with Gasteiger partial charge in [-0.3, -0.25) is 9.59 Å². The van der Waals surface area contributed by atoms with E-state index in [0.717, 1.165) is 24.3 Å². The highest BCUT2D eigenvalue weighted by Crippen LogP contribution is 2.41. The van der Waals surface area contributed by atoms with E-state index in [1.807, 2.05) is 0 Å². The number of aliphatic carboxylic acids is 1. The van der Waals surface area contributed by atoms with Crippen LogP contribution < -0.4 is 5.32 Å². The molecule has 0 radical (unpaired) electrons. The van der Waals surface area contributed by atoms with Crippen molar-refractivity contribution < 1.29 is 14.7 Å². The van der Waals surface area contributed by atoms with E-state index in [0.29, 0.717) is 10.8 Å². The van der Waals surface area contributed by atoms with Crippen molar-refractivity contribution in [3.63, 3.8) is 0 Å². The van der Waals surface area contributed by atoms with Crippen molar-refractivity contribution in [1.29, 1.82) is 0 Å². The average molecular weight is 347 g/mol. The van der Waals surface area contributed by atoms with Crippen LogP contribution >= 0.6 is 11.3 Å². The first-order valence-corrected chi connectivity index (χ1v) is 8.51. The molecule has 9 heteroatoms. The summed E-state index contributed by atoms with van der Waals surface area (Å²) in [7, 11) is 0. The number of carboxylic acid groups (broad SMARTS) is 1. The zero-order valence-corrected chi connectivity index (χ0v) is 13.7. The quantitative estimate of drug-likeness (QED) is 0.819. The molecule has 24 heavy (non-hydrogen) atoms. The summed E-state index contributed by atoms with van der Waals surface area (Å²) in [6.45, 7) is 0. The predicted molar refractivity (Wildman–Crippen MR) is 86.6 cm³/mol. The Morgan fingerprint density at radius 3 is 2.96 bits per heavy atom. The van der Waals surface area contributed by atoms with Gasteiger partial charge in [0.15, 0.2) is 0 Å². The number of rotatable bonds is 6. The molecule has 2 heterocycles. The number of aromatic nitrogens is 4. The number of amides is 1. The van der Waals surface area contributed by atoms with E-state index >= 15 is 0 Å². The van der Waals surface area contributed by atoms with Crippen molar-refractivity contribution in [2.75, 3.05) is 5.32 Å². The highest BCUT2D eigenvalue weighted by Gasteiger charge is 2.29. The van der Waals surface area contributed by atoms with Crippen molar-refractivity contribution in [1.82, 2.24) is 20.2 Å². The molecule has 1 saturated carbocycles. The Bertz CT molecular complexity index is 721. The van der Waals surface area contributed by atoms with Crippen LogP contribution in [0.15, 0.2) is 18.6 Å². The van der Waals surface area contributed by atoms with Crippen LogP contribution in [0.3, 0.4) is 0 Å². The molecule has 0 aromatic carbocycles. The maximum Gasteiger partial charge on any atom is 0.303 e. The lowest BCUT2D eigenvalue weighted by Gasteiger charge is -2.05. The van der Waals surface area contributed by atoms with Gasteiger partial charge in [-0.15, -0.1) is 10.2 Å². The standard InChI is InChI=1S/C15H17N5O3S/c21-12(7-11-3-4-16-8-17-11)18-15-20-19-14(24-15)10-2-1-9(5-10)6-13(22)23/h3-4,8-10H,1-2,5-7H2,(H,22,23)(H,18,20,21)/t9-,10+/m1/s1. The minimum Gasteiger partial charge on any atom is -0.481 e. The van der Waals surface area contributed by atoms with E-state index in [4.69, 9.17) is 5.11 Å². The van der Waals surface area contributed by atoms with Gasteiger partial charge in [-0.25, -0.2) is 9.97 Å². The van der Waals surface area contributed by atoms with Gasteiger partial charge >= 0.3 is 5.97 Å². The number of nitrogens with one attached hydrogen (secondary N) is 1. The zero-order valence-electron chi connectivity index (χ0n) is 12.9. The Balaban J connectivity index is 1.54. The van der Waals surface area contributed by atoms with Crippen LogP contribution in [0.1, 0.15) is 42.3 Å². The van der Waals surface area contributed by atoms with Gasteiger partial charge in [0.25, 0.3) is 0 Å². The second-order valence-corrected chi connectivity index (χ2v) is 6.85. The van der Waals surface area contributed by atoms with E-state index in [-0.39, 0.29) is 30.6 Å². The molecule has 8 nitrogen and oxygen atoms in total. The lowest BCUT2D eigenvalue weighted by atomic mass is 10.0. The van der Waals surface area contributed by atoms with Crippen LogP contribution in [0.5, 0.6) is 0 Å². The molecule has 3 rings (SSSR count). The van der Waals surface area contributed by atoms with Crippen LogP contribution in [-0.4, -0.2) is 37.1 Å². The smallest absolute Gasteiger partial charge is 0.303 e. The maximum atomic E-state index is 12.0. The largest absolute Gasteiger partial charge is 0.481 e. The molecule has 0 aliphatic heterocycles. The molecule has 126 valence electrons. The third kappa shape index (κ3) is 4.31. The molecule has 0 saturated heterocycles. The summed E-state index contributed by atoms with van der Waals surface area (Å²) in [4.78, 5) is 30.6. The number of carbonyl (C=O) groups excluding carboxylic acids is 1. The third-order valence-electron chi connectivity index (χ3n) is 4.03. The first-order chi connectivity index (χ1) is 11.6. The van der Waals surface area contributed by atoms with Gasteiger partial charge < -0.3 is 10.4 Å². The monoisotopic (exact) mass is 347 g/mol. The lowest BCUT2D eigenvalue weighted by Crippen LogP contribution is -2.15. The summed E-state index contributed by atoms with van der Waals surface area (Å²) in [5.41, 5.74) is 0.638. The number of hydrogen-bond acceptors (Lipinski definition) is 7.